The highest BCUT2D eigenvalue weighted by Crippen LogP contribution is 2.40. The standard InChI is InChI=1S/C16H14ClN3O4/c1-8-6-12(24-19-8)13-11(23-3)5-4-9(14(13)17)15(21)10-7-18-20(2)16(10)22/h4-7,22H,1-3H3. The van der Waals surface area contributed by atoms with Crippen LogP contribution in [0.4, 0.5) is 0 Å². The van der Waals surface area contributed by atoms with Gasteiger partial charge in [0, 0.05) is 18.7 Å². The number of carbonyl (C=O) groups excluding carboxylic acids is 1. The minimum atomic E-state index is -0.453. The minimum absolute atomic E-state index is 0.0595. The smallest absolute Gasteiger partial charge is 0.220 e. The van der Waals surface area contributed by atoms with Gasteiger partial charge in [-0.15, -0.1) is 0 Å². The zero-order valence-electron chi connectivity index (χ0n) is 13.2. The lowest BCUT2D eigenvalue weighted by Gasteiger charge is -2.11. The quantitative estimate of drug-likeness (QED) is 0.730. The summed E-state index contributed by atoms with van der Waals surface area (Å²) < 4.78 is 11.8. The second-order valence-corrected chi connectivity index (χ2v) is 5.55. The summed E-state index contributed by atoms with van der Waals surface area (Å²) in [7, 11) is 3.03. The van der Waals surface area contributed by atoms with Crippen LogP contribution in [0.1, 0.15) is 21.6 Å². The number of aryl methyl sites for hydroxylation is 2. The van der Waals surface area contributed by atoms with E-state index in [0.29, 0.717) is 22.8 Å². The summed E-state index contributed by atoms with van der Waals surface area (Å²) in [6.07, 6.45) is 1.29. The highest BCUT2D eigenvalue weighted by atomic mass is 35.5. The van der Waals surface area contributed by atoms with Gasteiger partial charge in [0.15, 0.2) is 5.76 Å². The Balaban J connectivity index is 2.17. The van der Waals surface area contributed by atoms with Gasteiger partial charge in [0.05, 0.1) is 29.6 Å². The first kappa shape index (κ1) is 16.1. The van der Waals surface area contributed by atoms with E-state index in [1.807, 2.05) is 0 Å². The molecule has 0 fully saturated rings. The molecule has 7 nitrogen and oxygen atoms in total. The summed E-state index contributed by atoms with van der Waals surface area (Å²) in [5.74, 6) is 0.150. The fourth-order valence-electron chi connectivity index (χ4n) is 2.35. The molecule has 1 aromatic carbocycles. The number of nitrogens with zero attached hydrogens (tertiary/aromatic N) is 3. The van der Waals surface area contributed by atoms with E-state index < -0.39 is 5.78 Å². The van der Waals surface area contributed by atoms with Crippen molar-refractivity contribution in [2.24, 2.45) is 7.05 Å². The van der Waals surface area contributed by atoms with Crippen LogP contribution in [0.2, 0.25) is 5.02 Å². The number of ether oxygens (including phenoxy) is 1. The molecule has 2 heterocycles. The monoisotopic (exact) mass is 347 g/mol. The second kappa shape index (κ2) is 6.01. The molecule has 0 aliphatic heterocycles. The molecule has 0 atom stereocenters. The van der Waals surface area contributed by atoms with Gasteiger partial charge in [-0.25, -0.2) is 4.68 Å². The number of halogens is 1. The average molecular weight is 348 g/mol. The summed E-state index contributed by atoms with van der Waals surface area (Å²) >= 11 is 6.44. The third kappa shape index (κ3) is 2.52. The van der Waals surface area contributed by atoms with Gasteiger partial charge in [0.25, 0.3) is 0 Å². The van der Waals surface area contributed by atoms with Gasteiger partial charge < -0.3 is 14.4 Å². The molecular formula is C16H14ClN3O4. The van der Waals surface area contributed by atoms with Gasteiger partial charge in [-0.1, -0.05) is 16.8 Å². The highest BCUT2D eigenvalue weighted by Gasteiger charge is 2.25. The largest absolute Gasteiger partial charge is 0.496 e. The van der Waals surface area contributed by atoms with Crippen LogP contribution in [-0.2, 0) is 7.05 Å². The van der Waals surface area contributed by atoms with Gasteiger partial charge in [-0.3, -0.25) is 4.79 Å². The fraction of sp³-hybridized carbons (Fsp3) is 0.188. The van der Waals surface area contributed by atoms with E-state index in [0.717, 1.165) is 0 Å². The minimum Gasteiger partial charge on any atom is -0.496 e. The van der Waals surface area contributed by atoms with Crippen LogP contribution in [0.15, 0.2) is 28.9 Å². The molecule has 0 saturated carbocycles. The molecule has 8 heteroatoms. The predicted octanol–water partition coefficient (Wildman–Crippen LogP) is 2.98. The van der Waals surface area contributed by atoms with Crippen molar-refractivity contribution in [1.29, 1.82) is 0 Å². The highest BCUT2D eigenvalue weighted by molar-refractivity contribution is 6.38. The lowest BCUT2D eigenvalue weighted by molar-refractivity contribution is 0.103. The molecule has 1 N–H and O–H groups in total. The number of hydrogen-bond donors (Lipinski definition) is 1. The Hall–Kier alpha value is -2.80. The van der Waals surface area contributed by atoms with E-state index in [-0.39, 0.29) is 22.0 Å². The number of aromatic hydroxyl groups is 1. The number of aromatic nitrogens is 3. The topological polar surface area (TPSA) is 90.4 Å². The molecule has 0 spiro atoms. The van der Waals surface area contributed by atoms with Crippen LogP contribution in [0.5, 0.6) is 11.6 Å². The first-order valence-corrected chi connectivity index (χ1v) is 7.37. The van der Waals surface area contributed by atoms with Gasteiger partial charge >= 0.3 is 0 Å². The number of carbonyl (C=O) groups is 1. The summed E-state index contributed by atoms with van der Waals surface area (Å²) in [6, 6.07) is 4.84. The van der Waals surface area contributed by atoms with Crippen molar-refractivity contribution in [3.8, 4) is 23.0 Å². The van der Waals surface area contributed by atoms with Gasteiger partial charge in [0.1, 0.15) is 11.3 Å². The lowest BCUT2D eigenvalue weighted by atomic mass is 10.0. The maximum atomic E-state index is 12.7. The maximum Gasteiger partial charge on any atom is 0.220 e. The van der Waals surface area contributed by atoms with E-state index in [1.165, 1.54) is 31.1 Å². The summed E-state index contributed by atoms with van der Waals surface area (Å²) in [6.45, 7) is 1.77. The Morgan fingerprint density at radius 3 is 2.67 bits per heavy atom. The van der Waals surface area contributed by atoms with Crippen molar-refractivity contribution in [2.75, 3.05) is 7.11 Å². The van der Waals surface area contributed by atoms with Crippen LogP contribution in [0.25, 0.3) is 11.3 Å². The van der Waals surface area contributed by atoms with E-state index >= 15 is 0 Å². The van der Waals surface area contributed by atoms with Gasteiger partial charge in [0.2, 0.25) is 11.7 Å². The number of benzene rings is 1. The number of ketones is 1. The van der Waals surface area contributed by atoms with Crippen LogP contribution < -0.4 is 4.74 Å². The molecule has 124 valence electrons. The first-order chi connectivity index (χ1) is 11.4. The van der Waals surface area contributed by atoms with Crippen molar-refractivity contribution >= 4 is 17.4 Å². The Bertz CT molecular complexity index is 930. The summed E-state index contributed by atoms with van der Waals surface area (Å²) in [4.78, 5) is 12.7. The van der Waals surface area contributed by atoms with E-state index in [9.17, 15) is 9.90 Å². The van der Waals surface area contributed by atoms with Crippen molar-refractivity contribution in [3.05, 3.63) is 46.2 Å². The molecule has 3 rings (SSSR count). The van der Waals surface area contributed by atoms with Crippen molar-refractivity contribution in [3.63, 3.8) is 0 Å². The molecule has 0 aliphatic rings. The third-order valence-corrected chi connectivity index (χ3v) is 3.99. The van der Waals surface area contributed by atoms with Gasteiger partial charge in [-0.2, -0.15) is 5.10 Å². The molecule has 0 unspecified atom stereocenters. The van der Waals surface area contributed by atoms with Gasteiger partial charge in [-0.05, 0) is 19.1 Å². The average Bonchev–Trinajstić information content (AvgIpc) is 3.13. The first-order valence-electron chi connectivity index (χ1n) is 7.00. The van der Waals surface area contributed by atoms with Crippen molar-refractivity contribution in [1.82, 2.24) is 14.9 Å². The SMILES string of the molecule is COc1ccc(C(=O)c2cnn(C)c2O)c(Cl)c1-c1cc(C)no1. The molecule has 0 radical (unpaired) electrons. The van der Waals surface area contributed by atoms with E-state index in [4.69, 9.17) is 20.9 Å². The Morgan fingerprint density at radius 1 is 1.38 bits per heavy atom. The summed E-state index contributed by atoms with van der Waals surface area (Å²) in [5.41, 5.74) is 1.35. The molecule has 0 amide bonds. The van der Waals surface area contributed by atoms with E-state index in [2.05, 4.69) is 10.3 Å². The summed E-state index contributed by atoms with van der Waals surface area (Å²) in [5, 5.41) is 17.8. The van der Waals surface area contributed by atoms with Crippen molar-refractivity contribution in [2.45, 2.75) is 6.92 Å². The lowest BCUT2D eigenvalue weighted by Crippen LogP contribution is -2.03. The maximum absolute atomic E-state index is 12.7. The molecule has 0 bridgehead atoms. The number of hydrogen-bond acceptors (Lipinski definition) is 6. The van der Waals surface area contributed by atoms with E-state index in [1.54, 1.807) is 19.1 Å². The molecule has 24 heavy (non-hydrogen) atoms. The number of rotatable bonds is 4. The molecule has 0 saturated heterocycles. The second-order valence-electron chi connectivity index (χ2n) is 5.17. The molecule has 0 aliphatic carbocycles. The Morgan fingerprint density at radius 2 is 2.12 bits per heavy atom. The molecule has 2 aromatic heterocycles. The van der Waals surface area contributed by atoms with Crippen LogP contribution >= 0.6 is 11.6 Å². The normalized spacial score (nSPS) is 10.8. The van der Waals surface area contributed by atoms with Crippen LogP contribution in [0, 0.1) is 6.92 Å². The Kier molecular flexibility index (Phi) is 4.02. The third-order valence-electron chi connectivity index (χ3n) is 3.59. The Labute approximate surface area is 142 Å². The fourth-order valence-corrected chi connectivity index (χ4v) is 2.69. The van der Waals surface area contributed by atoms with Crippen LogP contribution in [0.3, 0.4) is 0 Å². The molecular weight excluding hydrogens is 334 g/mol. The molecule has 3 aromatic rings. The zero-order chi connectivity index (χ0) is 17.4. The van der Waals surface area contributed by atoms with Crippen LogP contribution in [-0.4, -0.2) is 32.9 Å². The zero-order valence-corrected chi connectivity index (χ0v) is 14.0. The number of methoxy groups -OCH3 is 1. The predicted molar refractivity (Wildman–Crippen MR) is 86.5 cm³/mol. The van der Waals surface area contributed by atoms with Crippen molar-refractivity contribution < 1.29 is 19.2 Å².